The molecule has 0 heterocycles. The van der Waals surface area contributed by atoms with Crippen molar-refractivity contribution >= 4 is 21.7 Å². The molecule has 0 saturated carbocycles. The van der Waals surface area contributed by atoms with Crippen LogP contribution < -0.4 is 4.74 Å². The van der Waals surface area contributed by atoms with Crippen molar-refractivity contribution in [3.8, 4) is 5.75 Å². The van der Waals surface area contributed by atoms with Crippen LogP contribution in [0.3, 0.4) is 0 Å². The van der Waals surface area contributed by atoms with Crippen molar-refractivity contribution in [2.45, 2.75) is 6.18 Å². The van der Waals surface area contributed by atoms with E-state index in [4.69, 9.17) is 0 Å². The van der Waals surface area contributed by atoms with Gasteiger partial charge in [-0.1, -0.05) is 15.9 Å². The lowest BCUT2D eigenvalue weighted by molar-refractivity contribution is -0.140. The van der Waals surface area contributed by atoms with E-state index in [-0.39, 0.29) is 5.33 Å². The number of Topliss-reactive ketones (excluding diaryl/α,β-unsaturated/α-hetero) is 1. The molecule has 0 aliphatic carbocycles. The molecule has 0 bridgehead atoms. The highest BCUT2D eigenvalue weighted by atomic mass is 79.9. The summed E-state index contributed by atoms with van der Waals surface area (Å²) in [6.07, 6.45) is -4.95. The molecule has 0 radical (unpaired) electrons. The fourth-order valence-electron chi connectivity index (χ4n) is 1.30. The summed E-state index contributed by atoms with van der Waals surface area (Å²) in [5.41, 5.74) is -2.31. The third kappa shape index (κ3) is 2.77. The first-order chi connectivity index (χ1) is 7.82. The molecule has 0 spiro atoms. The number of carbonyl (C=O) groups excluding carboxylic acids is 1. The number of ketones is 1. The first kappa shape index (κ1) is 14.0. The molecule has 0 unspecified atom stereocenters. The molecule has 2 nitrogen and oxygen atoms in total. The molecule has 0 saturated heterocycles. The smallest absolute Gasteiger partial charge is 0.420 e. The zero-order valence-corrected chi connectivity index (χ0v) is 10.2. The summed E-state index contributed by atoms with van der Waals surface area (Å²) in [5, 5.41) is -0.318. The first-order valence-electron chi connectivity index (χ1n) is 4.35. The van der Waals surface area contributed by atoms with E-state index >= 15 is 0 Å². The predicted molar refractivity (Wildman–Crippen MR) is 56.1 cm³/mol. The average Bonchev–Trinajstić information content (AvgIpc) is 2.25. The second-order valence-corrected chi connectivity index (χ2v) is 3.62. The van der Waals surface area contributed by atoms with E-state index in [1.54, 1.807) is 0 Å². The van der Waals surface area contributed by atoms with Crippen LogP contribution in [0.25, 0.3) is 0 Å². The zero-order chi connectivity index (χ0) is 13.2. The molecule has 1 aromatic carbocycles. The number of carbonyl (C=O) groups is 1. The Kier molecular flexibility index (Phi) is 4.13. The summed E-state index contributed by atoms with van der Waals surface area (Å²) in [4.78, 5) is 11.3. The van der Waals surface area contributed by atoms with Crippen molar-refractivity contribution < 1.29 is 27.1 Å². The van der Waals surface area contributed by atoms with Crippen LogP contribution in [0.5, 0.6) is 5.75 Å². The molecule has 0 aromatic heterocycles. The van der Waals surface area contributed by atoms with E-state index in [1.807, 2.05) is 0 Å². The standard InChI is InChI=1S/C10H7BrF4O2/c1-17-7-3-2-5(6(16)4-11)8(9(7)12)10(13,14)15/h2-3H,4H2,1H3. The fourth-order valence-corrected chi connectivity index (χ4v) is 1.60. The van der Waals surface area contributed by atoms with Crippen LogP contribution in [0.1, 0.15) is 15.9 Å². The van der Waals surface area contributed by atoms with Crippen LogP contribution >= 0.6 is 15.9 Å². The number of rotatable bonds is 3. The van der Waals surface area contributed by atoms with Crippen molar-refractivity contribution in [1.29, 1.82) is 0 Å². The molecular weight excluding hydrogens is 308 g/mol. The molecule has 0 fully saturated rings. The van der Waals surface area contributed by atoms with Gasteiger partial charge in [-0.15, -0.1) is 0 Å². The van der Waals surface area contributed by atoms with Gasteiger partial charge in [-0.3, -0.25) is 4.79 Å². The van der Waals surface area contributed by atoms with Gasteiger partial charge in [0.25, 0.3) is 0 Å². The van der Waals surface area contributed by atoms with E-state index in [1.165, 1.54) is 0 Å². The van der Waals surface area contributed by atoms with Crippen LogP contribution in [0.2, 0.25) is 0 Å². The Balaban J connectivity index is 3.53. The van der Waals surface area contributed by atoms with E-state index in [0.29, 0.717) is 0 Å². The van der Waals surface area contributed by atoms with Gasteiger partial charge in [0.2, 0.25) is 0 Å². The highest BCUT2D eigenvalue weighted by Crippen LogP contribution is 2.37. The van der Waals surface area contributed by atoms with Crippen molar-refractivity contribution in [3.05, 3.63) is 29.1 Å². The lowest BCUT2D eigenvalue weighted by Gasteiger charge is -2.14. The largest absolute Gasteiger partial charge is 0.494 e. The average molecular weight is 315 g/mol. The number of methoxy groups -OCH3 is 1. The van der Waals surface area contributed by atoms with Gasteiger partial charge >= 0.3 is 6.18 Å². The summed E-state index contributed by atoms with van der Waals surface area (Å²) in [6.45, 7) is 0. The number of ether oxygens (including phenoxy) is 1. The van der Waals surface area contributed by atoms with Gasteiger partial charge < -0.3 is 4.74 Å². The molecule has 94 valence electrons. The van der Waals surface area contributed by atoms with Gasteiger partial charge in [-0.2, -0.15) is 13.2 Å². The molecular formula is C10H7BrF4O2. The van der Waals surface area contributed by atoms with Crippen LogP contribution in [0, 0.1) is 5.82 Å². The third-order valence-electron chi connectivity index (χ3n) is 2.03. The van der Waals surface area contributed by atoms with Crippen molar-refractivity contribution in [3.63, 3.8) is 0 Å². The second-order valence-electron chi connectivity index (χ2n) is 3.06. The Bertz CT molecular complexity index is 443. The molecule has 0 aliphatic rings. The summed E-state index contributed by atoms with van der Waals surface area (Å²) in [7, 11) is 1.05. The van der Waals surface area contributed by atoms with E-state index in [9.17, 15) is 22.4 Å². The van der Waals surface area contributed by atoms with Crippen LogP contribution in [0.4, 0.5) is 17.6 Å². The Labute approximate surface area is 103 Å². The zero-order valence-electron chi connectivity index (χ0n) is 8.57. The second kappa shape index (κ2) is 5.03. The minimum Gasteiger partial charge on any atom is -0.494 e. The van der Waals surface area contributed by atoms with Crippen molar-refractivity contribution in [1.82, 2.24) is 0 Å². The predicted octanol–water partition coefficient (Wildman–Crippen LogP) is 3.43. The van der Waals surface area contributed by atoms with Gasteiger partial charge in [-0.05, 0) is 12.1 Å². The Hall–Kier alpha value is -1.11. The molecule has 0 amide bonds. The summed E-state index contributed by atoms with van der Waals surface area (Å²) in [6, 6.07) is 1.88. The minimum atomic E-state index is -4.95. The monoisotopic (exact) mass is 314 g/mol. The van der Waals surface area contributed by atoms with Crippen molar-refractivity contribution in [2.24, 2.45) is 0 Å². The molecule has 0 N–H and O–H groups in total. The molecule has 1 aromatic rings. The lowest BCUT2D eigenvalue weighted by Crippen LogP contribution is -2.17. The SMILES string of the molecule is COc1ccc(C(=O)CBr)c(C(F)(F)F)c1F. The maximum Gasteiger partial charge on any atom is 0.420 e. The number of hydrogen-bond acceptors (Lipinski definition) is 2. The van der Waals surface area contributed by atoms with Gasteiger partial charge in [0.15, 0.2) is 17.3 Å². The van der Waals surface area contributed by atoms with Crippen LogP contribution in [-0.2, 0) is 6.18 Å². The normalized spacial score (nSPS) is 11.4. The van der Waals surface area contributed by atoms with E-state index in [2.05, 4.69) is 20.7 Å². The van der Waals surface area contributed by atoms with Gasteiger partial charge in [0.1, 0.15) is 5.56 Å². The van der Waals surface area contributed by atoms with Gasteiger partial charge in [0.05, 0.1) is 12.4 Å². The van der Waals surface area contributed by atoms with Crippen LogP contribution in [-0.4, -0.2) is 18.2 Å². The topological polar surface area (TPSA) is 26.3 Å². The molecule has 17 heavy (non-hydrogen) atoms. The van der Waals surface area contributed by atoms with Gasteiger partial charge in [0, 0.05) is 5.56 Å². The van der Waals surface area contributed by atoms with Crippen LogP contribution in [0.15, 0.2) is 12.1 Å². The number of benzene rings is 1. The Morgan fingerprint density at radius 1 is 1.41 bits per heavy atom. The van der Waals surface area contributed by atoms with Crippen molar-refractivity contribution in [2.75, 3.05) is 12.4 Å². The number of halogens is 5. The quantitative estimate of drug-likeness (QED) is 0.485. The molecule has 0 aliphatic heterocycles. The minimum absolute atomic E-state index is 0.318. The summed E-state index contributed by atoms with van der Waals surface area (Å²) in [5.74, 6) is -2.98. The van der Waals surface area contributed by atoms with Gasteiger partial charge in [-0.25, -0.2) is 4.39 Å². The number of alkyl halides is 4. The highest BCUT2D eigenvalue weighted by molar-refractivity contribution is 9.09. The maximum atomic E-state index is 13.5. The van der Waals surface area contributed by atoms with E-state index < -0.39 is 34.7 Å². The Morgan fingerprint density at radius 2 is 2.00 bits per heavy atom. The Morgan fingerprint density at radius 3 is 2.41 bits per heavy atom. The third-order valence-corrected chi connectivity index (χ3v) is 2.54. The highest BCUT2D eigenvalue weighted by Gasteiger charge is 2.39. The summed E-state index contributed by atoms with van der Waals surface area (Å²) < 4.78 is 55.9. The number of hydrogen-bond donors (Lipinski definition) is 0. The maximum absolute atomic E-state index is 13.5. The lowest BCUT2D eigenvalue weighted by atomic mass is 10.0. The molecule has 0 atom stereocenters. The first-order valence-corrected chi connectivity index (χ1v) is 5.48. The fraction of sp³-hybridized carbons (Fsp3) is 0.300. The molecule has 7 heteroatoms. The summed E-state index contributed by atoms with van der Waals surface area (Å²) >= 11 is 2.74. The molecule has 1 rings (SSSR count). The van der Waals surface area contributed by atoms with E-state index in [0.717, 1.165) is 19.2 Å².